The second-order valence-electron chi connectivity index (χ2n) is 4.92. The first-order chi connectivity index (χ1) is 8.20. The topological polar surface area (TPSA) is 34.0 Å². The molecule has 2 rings (SSSR count). The van der Waals surface area contributed by atoms with E-state index in [4.69, 9.17) is 0 Å². The van der Waals surface area contributed by atoms with E-state index >= 15 is 0 Å². The Morgan fingerprint density at radius 1 is 1.53 bits per heavy atom. The van der Waals surface area contributed by atoms with E-state index in [0.29, 0.717) is 10.7 Å². The lowest BCUT2D eigenvalue weighted by Gasteiger charge is -2.33. The molecule has 0 spiro atoms. The van der Waals surface area contributed by atoms with Crippen LogP contribution in [0.3, 0.4) is 0 Å². The van der Waals surface area contributed by atoms with Crippen LogP contribution in [0.4, 0.5) is 0 Å². The summed E-state index contributed by atoms with van der Waals surface area (Å²) in [6, 6.07) is 0. The number of halogens is 1. The zero-order valence-electron chi connectivity index (χ0n) is 10.6. The summed E-state index contributed by atoms with van der Waals surface area (Å²) in [4.78, 5) is 7.53. The summed E-state index contributed by atoms with van der Waals surface area (Å²) in [5.41, 5.74) is 0. The molecule has 1 aliphatic rings. The monoisotopic (exact) mass is 300 g/mol. The maximum Gasteiger partial charge on any atom is 0.141 e. The highest BCUT2D eigenvalue weighted by Gasteiger charge is 2.24. The van der Waals surface area contributed by atoms with Gasteiger partial charge in [0.25, 0.3) is 0 Å². The smallest absolute Gasteiger partial charge is 0.141 e. The quantitative estimate of drug-likeness (QED) is 0.800. The van der Waals surface area contributed by atoms with Crippen molar-refractivity contribution in [1.29, 1.82) is 0 Å². The second-order valence-corrected chi connectivity index (χ2v) is 6.09. The van der Waals surface area contributed by atoms with Crippen molar-refractivity contribution in [3.05, 3.63) is 12.2 Å². The number of aromatic nitrogens is 3. The normalized spacial score (nSPS) is 26.3. The molecule has 0 saturated carbocycles. The van der Waals surface area contributed by atoms with Crippen LogP contribution in [0, 0.1) is 5.92 Å². The summed E-state index contributed by atoms with van der Waals surface area (Å²) in [6.07, 6.45) is 4.00. The first kappa shape index (κ1) is 13.0. The van der Waals surface area contributed by atoms with Crippen LogP contribution in [-0.4, -0.2) is 37.6 Å². The zero-order valence-corrected chi connectivity index (χ0v) is 12.2. The van der Waals surface area contributed by atoms with Crippen molar-refractivity contribution in [3.8, 4) is 0 Å². The lowest BCUT2D eigenvalue weighted by molar-refractivity contribution is 0.177. The second kappa shape index (κ2) is 5.96. The lowest BCUT2D eigenvalue weighted by Crippen LogP contribution is -2.39. The first-order valence-corrected chi connectivity index (χ1v) is 7.35. The number of nitrogens with zero attached hydrogens (tertiary/aromatic N) is 4. The predicted molar refractivity (Wildman–Crippen MR) is 72.1 cm³/mol. The van der Waals surface area contributed by atoms with Gasteiger partial charge in [-0.05, 0) is 25.3 Å². The summed E-state index contributed by atoms with van der Waals surface area (Å²) in [6.45, 7) is 8.68. The number of aryl methyl sites for hydroxylation is 1. The van der Waals surface area contributed by atoms with E-state index in [1.54, 1.807) is 6.33 Å². The molecular weight excluding hydrogens is 280 g/mol. The Hall–Kier alpha value is -0.420. The van der Waals surface area contributed by atoms with Crippen LogP contribution in [-0.2, 0) is 13.1 Å². The van der Waals surface area contributed by atoms with Gasteiger partial charge in [-0.2, -0.15) is 5.10 Å². The molecule has 0 aliphatic carbocycles. The van der Waals surface area contributed by atoms with Crippen LogP contribution in [0.2, 0.25) is 0 Å². The Morgan fingerprint density at radius 2 is 2.35 bits per heavy atom. The van der Waals surface area contributed by atoms with Gasteiger partial charge in [0.2, 0.25) is 0 Å². The molecule has 1 fully saturated rings. The number of rotatable bonds is 4. The van der Waals surface area contributed by atoms with Gasteiger partial charge in [-0.3, -0.25) is 4.90 Å². The maximum atomic E-state index is 4.37. The molecule has 0 aromatic carbocycles. The highest BCUT2D eigenvalue weighted by molar-refractivity contribution is 9.09. The van der Waals surface area contributed by atoms with E-state index in [-0.39, 0.29) is 0 Å². The zero-order chi connectivity index (χ0) is 12.3. The van der Waals surface area contributed by atoms with E-state index in [0.717, 1.165) is 38.4 Å². The summed E-state index contributed by atoms with van der Waals surface area (Å²) in [5.74, 6) is 1.82. The number of likely N-dealkylation sites (tertiary alicyclic amines) is 1. The molecule has 1 aliphatic heterocycles. The molecule has 5 heteroatoms. The van der Waals surface area contributed by atoms with Crippen molar-refractivity contribution in [2.45, 2.75) is 44.6 Å². The molecule has 17 heavy (non-hydrogen) atoms. The average molecular weight is 301 g/mol. The summed E-state index contributed by atoms with van der Waals surface area (Å²) < 4.78 is 2.03. The fourth-order valence-corrected chi connectivity index (χ4v) is 2.73. The number of hydrogen-bond donors (Lipinski definition) is 0. The van der Waals surface area contributed by atoms with Crippen LogP contribution in [0.25, 0.3) is 0 Å². The van der Waals surface area contributed by atoms with Gasteiger partial charge in [-0.1, -0.05) is 29.8 Å². The molecule has 0 bridgehead atoms. The minimum atomic E-state index is 0.673. The van der Waals surface area contributed by atoms with E-state index in [1.165, 1.54) is 6.42 Å². The third-order valence-electron chi connectivity index (χ3n) is 3.38. The molecular formula is C12H21BrN4. The Labute approximate surface area is 112 Å². The van der Waals surface area contributed by atoms with Crippen molar-refractivity contribution in [3.63, 3.8) is 0 Å². The van der Waals surface area contributed by atoms with Gasteiger partial charge < -0.3 is 0 Å². The van der Waals surface area contributed by atoms with Crippen molar-refractivity contribution in [1.82, 2.24) is 19.7 Å². The van der Waals surface area contributed by atoms with Crippen LogP contribution in [0.15, 0.2) is 6.33 Å². The SMILES string of the molecule is CCCn1ncnc1CN1CCC(Br)C(C)C1. The molecule has 4 nitrogen and oxygen atoms in total. The van der Waals surface area contributed by atoms with Gasteiger partial charge in [0, 0.05) is 17.9 Å². The van der Waals surface area contributed by atoms with Crippen LogP contribution in [0.1, 0.15) is 32.5 Å². The van der Waals surface area contributed by atoms with Gasteiger partial charge >= 0.3 is 0 Å². The number of piperidine rings is 1. The van der Waals surface area contributed by atoms with Gasteiger partial charge in [0.1, 0.15) is 12.2 Å². The summed E-state index contributed by atoms with van der Waals surface area (Å²) in [5, 5.41) is 4.28. The number of hydrogen-bond acceptors (Lipinski definition) is 3. The summed E-state index contributed by atoms with van der Waals surface area (Å²) >= 11 is 3.74. The summed E-state index contributed by atoms with van der Waals surface area (Å²) in [7, 11) is 0. The fourth-order valence-electron chi connectivity index (χ4n) is 2.36. The Bertz CT molecular complexity index is 352. The maximum absolute atomic E-state index is 4.37. The van der Waals surface area contributed by atoms with Crippen molar-refractivity contribution in [2.24, 2.45) is 5.92 Å². The fraction of sp³-hybridized carbons (Fsp3) is 0.833. The Morgan fingerprint density at radius 3 is 3.06 bits per heavy atom. The van der Waals surface area contributed by atoms with E-state index in [9.17, 15) is 0 Å². The minimum Gasteiger partial charge on any atom is -0.296 e. The minimum absolute atomic E-state index is 0.673. The highest BCUT2D eigenvalue weighted by atomic mass is 79.9. The van der Waals surface area contributed by atoms with Gasteiger partial charge in [0.15, 0.2) is 0 Å². The molecule has 1 aromatic heterocycles. The standard InChI is InChI=1S/C12H21BrN4/c1-3-5-17-12(14-9-15-17)8-16-6-4-11(13)10(2)7-16/h9-11H,3-8H2,1-2H3. The van der Waals surface area contributed by atoms with E-state index in [2.05, 4.69) is 44.8 Å². The molecule has 96 valence electrons. The first-order valence-electron chi connectivity index (χ1n) is 6.43. The molecule has 0 radical (unpaired) electrons. The van der Waals surface area contributed by atoms with Gasteiger partial charge in [-0.25, -0.2) is 9.67 Å². The van der Waals surface area contributed by atoms with Crippen molar-refractivity contribution >= 4 is 15.9 Å². The molecule has 0 N–H and O–H groups in total. The third kappa shape index (κ3) is 3.28. The van der Waals surface area contributed by atoms with Crippen molar-refractivity contribution in [2.75, 3.05) is 13.1 Å². The molecule has 2 heterocycles. The predicted octanol–water partition coefficient (Wildman–Crippen LogP) is 2.29. The molecule has 1 saturated heterocycles. The molecule has 1 aromatic rings. The third-order valence-corrected chi connectivity index (χ3v) is 4.74. The van der Waals surface area contributed by atoms with Crippen LogP contribution in [0.5, 0.6) is 0 Å². The van der Waals surface area contributed by atoms with Gasteiger partial charge in [-0.15, -0.1) is 0 Å². The van der Waals surface area contributed by atoms with Crippen LogP contribution < -0.4 is 0 Å². The lowest BCUT2D eigenvalue weighted by atomic mass is 10.0. The Balaban J connectivity index is 1.94. The molecule has 2 atom stereocenters. The van der Waals surface area contributed by atoms with E-state index < -0.39 is 0 Å². The highest BCUT2D eigenvalue weighted by Crippen LogP contribution is 2.24. The van der Waals surface area contributed by atoms with Crippen LogP contribution >= 0.6 is 15.9 Å². The Kier molecular flexibility index (Phi) is 4.56. The average Bonchev–Trinajstić information content (AvgIpc) is 2.72. The van der Waals surface area contributed by atoms with Crippen molar-refractivity contribution < 1.29 is 0 Å². The number of alkyl halides is 1. The molecule has 0 amide bonds. The van der Waals surface area contributed by atoms with E-state index in [1.807, 2.05) is 4.68 Å². The van der Waals surface area contributed by atoms with Gasteiger partial charge in [0.05, 0.1) is 6.54 Å². The molecule has 2 unspecified atom stereocenters. The largest absolute Gasteiger partial charge is 0.296 e.